The molecule has 0 unspecified atom stereocenters. The summed E-state index contributed by atoms with van der Waals surface area (Å²) in [6.07, 6.45) is 6.67. The minimum absolute atomic E-state index is 0. The zero-order valence-electron chi connectivity index (χ0n) is 23.8. The zero-order chi connectivity index (χ0) is 30.1. The quantitative estimate of drug-likeness (QED) is 0.264. The van der Waals surface area contributed by atoms with Crippen molar-refractivity contribution in [1.82, 2.24) is 29.9 Å². The maximum Gasteiger partial charge on any atom is 0.255 e. The number of amides is 2. The third-order valence-electron chi connectivity index (χ3n) is 7.99. The van der Waals surface area contributed by atoms with Gasteiger partial charge in [-0.1, -0.05) is 11.6 Å². The number of carbonyl (C=O) groups excluding carboxylic acids is 2. The van der Waals surface area contributed by atoms with Crippen molar-refractivity contribution in [1.29, 1.82) is 0 Å². The van der Waals surface area contributed by atoms with E-state index in [1.54, 1.807) is 33.7 Å². The van der Waals surface area contributed by atoms with Crippen LogP contribution in [-0.4, -0.2) is 70.4 Å². The van der Waals surface area contributed by atoms with Crippen LogP contribution in [0.4, 0.5) is 20.3 Å². The van der Waals surface area contributed by atoms with Crippen molar-refractivity contribution >= 4 is 53.0 Å². The number of aromatic nitrogens is 3. The third-order valence-corrected chi connectivity index (χ3v) is 8.31. The molecule has 2 aromatic carbocycles. The van der Waals surface area contributed by atoms with Crippen molar-refractivity contribution in [3.8, 4) is 17.0 Å². The van der Waals surface area contributed by atoms with E-state index >= 15 is 0 Å². The molecule has 6 rings (SSSR count). The minimum Gasteiger partial charge on any atom is -0.494 e. The van der Waals surface area contributed by atoms with Crippen LogP contribution in [0.25, 0.3) is 16.9 Å². The van der Waals surface area contributed by atoms with Crippen molar-refractivity contribution in [3.05, 3.63) is 71.1 Å². The lowest BCUT2D eigenvalue weighted by Gasteiger charge is -2.32. The molecule has 2 saturated heterocycles. The molecule has 2 aromatic heterocycles. The van der Waals surface area contributed by atoms with E-state index in [0.717, 1.165) is 19.5 Å². The molecule has 2 amide bonds. The van der Waals surface area contributed by atoms with Crippen LogP contribution in [0.15, 0.2) is 48.9 Å². The Morgan fingerprint density at radius 2 is 1.89 bits per heavy atom. The van der Waals surface area contributed by atoms with Crippen molar-refractivity contribution < 1.29 is 23.1 Å². The number of nitrogens with one attached hydrogen (secondary N) is 3. The molecule has 0 aliphatic carbocycles. The average molecular weight is 647 g/mol. The lowest BCUT2D eigenvalue weighted by Crippen LogP contribution is -2.45. The van der Waals surface area contributed by atoms with E-state index in [4.69, 9.17) is 16.3 Å². The van der Waals surface area contributed by atoms with E-state index in [-0.39, 0.29) is 52.5 Å². The first-order chi connectivity index (χ1) is 20.8. The normalized spacial score (nSPS) is 16.9. The lowest BCUT2D eigenvalue weighted by atomic mass is 9.95. The Bertz CT molecular complexity index is 1690. The highest BCUT2D eigenvalue weighted by Gasteiger charge is 2.30. The molecule has 2 aliphatic heterocycles. The number of fused-ring (bicyclic) bond motifs is 1. The van der Waals surface area contributed by atoms with E-state index in [9.17, 15) is 18.4 Å². The molecule has 14 heteroatoms. The molecular formula is C30H31Cl2F2N7O3. The van der Waals surface area contributed by atoms with Gasteiger partial charge in [0.25, 0.3) is 5.91 Å². The summed E-state index contributed by atoms with van der Waals surface area (Å²) in [6, 6.07) is 7.94. The Morgan fingerprint density at radius 3 is 2.59 bits per heavy atom. The Labute approximate surface area is 263 Å². The first-order valence-electron chi connectivity index (χ1n) is 14.1. The molecule has 0 saturated carbocycles. The number of hydrogen-bond acceptors (Lipinski definition) is 7. The van der Waals surface area contributed by atoms with Crippen LogP contribution >= 0.6 is 24.0 Å². The van der Waals surface area contributed by atoms with Crippen molar-refractivity contribution in [3.63, 3.8) is 0 Å². The predicted molar refractivity (Wildman–Crippen MR) is 165 cm³/mol. The monoisotopic (exact) mass is 645 g/mol. The van der Waals surface area contributed by atoms with Gasteiger partial charge in [-0.15, -0.1) is 12.4 Å². The number of halogens is 4. The first kappa shape index (κ1) is 31.4. The minimum atomic E-state index is -1.08. The number of carbonyl (C=O) groups is 2. The van der Waals surface area contributed by atoms with Gasteiger partial charge >= 0.3 is 0 Å². The molecule has 1 atom stereocenters. The molecule has 4 aromatic rings. The van der Waals surface area contributed by atoms with E-state index in [2.05, 4.69) is 25.9 Å². The summed E-state index contributed by atoms with van der Waals surface area (Å²) in [5, 5.41) is 9.76. The standard InChI is InChI=1S/C30H30ClF2N7O3.ClH/c1-43-24-5-4-21(25(32)26(24)33)23-16-36-28-27(35-10-13-40(23)28)37-18-2-3-20(22(31)14-18)30(42)39-11-7-17(8-12-39)29(41)38-19-6-9-34-15-19;/h2-5,10,13-14,16-17,19,34H,6-9,11-12,15H2,1H3,(H,35,37)(H,38,41);1H/t19-;/m1./s1. The first-order valence-corrected chi connectivity index (χ1v) is 14.4. The number of likely N-dealkylation sites (tertiary alicyclic amines) is 1. The van der Waals surface area contributed by atoms with Crippen molar-refractivity contribution in [2.45, 2.75) is 25.3 Å². The van der Waals surface area contributed by atoms with Gasteiger partial charge in [-0.2, -0.15) is 4.39 Å². The van der Waals surface area contributed by atoms with Crippen LogP contribution in [0.2, 0.25) is 5.02 Å². The molecule has 232 valence electrons. The number of piperidine rings is 1. The summed E-state index contributed by atoms with van der Waals surface area (Å²) in [7, 11) is 1.27. The van der Waals surface area contributed by atoms with Gasteiger partial charge in [0.15, 0.2) is 23.0 Å². The molecule has 0 bridgehead atoms. The largest absolute Gasteiger partial charge is 0.494 e. The second-order valence-corrected chi connectivity index (χ2v) is 11.0. The highest BCUT2D eigenvalue weighted by Crippen LogP contribution is 2.32. The Balaban J connectivity index is 0.00000384. The Hall–Kier alpha value is -4.00. The second-order valence-electron chi connectivity index (χ2n) is 10.6. The molecule has 2 aliphatic rings. The zero-order valence-corrected chi connectivity index (χ0v) is 25.4. The molecule has 0 radical (unpaired) electrons. The summed E-state index contributed by atoms with van der Waals surface area (Å²) in [4.78, 5) is 36.4. The predicted octanol–water partition coefficient (Wildman–Crippen LogP) is 4.83. The summed E-state index contributed by atoms with van der Waals surface area (Å²) < 4.78 is 35.6. The molecule has 0 spiro atoms. The number of hydrogen-bond donors (Lipinski definition) is 3. The van der Waals surface area contributed by atoms with E-state index in [0.29, 0.717) is 54.3 Å². The molecule has 3 N–H and O–H groups in total. The highest BCUT2D eigenvalue weighted by molar-refractivity contribution is 6.34. The van der Waals surface area contributed by atoms with E-state index in [1.165, 1.54) is 31.6 Å². The number of nitrogens with zero attached hydrogens (tertiary/aromatic N) is 4. The summed E-state index contributed by atoms with van der Waals surface area (Å²) in [5.74, 6) is -2.21. The smallest absolute Gasteiger partial charge is 0.255 e. The lowest BCUT2D eigenvalue weighted by molar-refractivity contribution is -0.126. The van der Waals surface area contributed by atoms with Gasteiger partial charge in [-0.3, -0.25) is 14.0 Å². The van der Waals surface area contributed by atoms with Crippen LogP contribution in [0.3, 0.4) is 0 Å². The number of anilines is 2. The highest BCUT2D eigenvalue weighted by atomic mass is 35.5. The number of ether oxygens (including phenoxy) is 1. The molecule has 10 nitrogen and oxygen atoms in total. The summed E-state index contributed by atoms with van der Waals surface area (Å²) >= 11 is 6.56. The third kappa shape index (κ3) is 6.15. The number of imidazole rings is 1. The van der Waals surface area contributed by atoms with E-state index < -0.39 is 11.6 Å². The van der Waals surface area contributed by atoms with Crippen LogP contribution in [0, 0.1) is 17.6 Å². The fraction of sp³-hybridized carbons (Fsp3) is 0.333. The van der Waals surface area contributed by atoms with Gasteiger partial charge in [0, 0.05) is 55.2 Å². The maximum absolute atomic E-state index is 14.8. The van der Waals surface area contributed by atoms with Gasteiger partial charge in [-0.25, -0.2) is 14.4 Å². The fourth-order valence-electron chi connectivity index (χ4n) is 5.61. The summed E-state index contributed by atoms with van der Waals surface area (Å²) in [6.45, 7) is 2.66. The maximum atomic E-state index is 14.8. The van der Waals surface area contributed by atoms with Crippen LogP contribution in [0.1, 0.15) is 29.6 Å². The molecule has 2 fully saturated rings. The topological polar surface area (TPSA) is 113 Å². The molecule has 44 heavy (non-hydrogen) atoms. The van der Waals surface area contributed by atoms with Gasteiger partial charge in [0.2, 0.25) is 11.7 Å². The van der Waals surface area contributed by atoms with Crippen LogP contribution in [0.5, 0.6) is 5.75 Å². The van der Waals surface area contributed by atoms with E-state index in [1.807, 2.05) is 0 Å². The van der Waals surface area contributed by atoms with Gasteiger partial charge in [0.05, 0.1) is 29.6 Å². The number of benzene rings is 2. The Kier molecular flexibility index (Phi) is 9.52. The number of methoxy groups -OCH3 is 1. The van der Waals surface area contributed by atoms with Gasteiger partial charge in [-0.05, 0) is 56.1 Å². The second kappa shape index (κ2) is 13.3. The summed E-state index contributed by atoms with van der Waals surface area (Å²) in [5.41, 5.74) is 1.64. The molecule has 4 heterocycles. The van der Waals surface area contributed by atoms with Crippen LogP contribution < -0.4 is 20.7 Å². The molecular weight excluding hydrogens is 615 g/mol. The van der Waals surface area contributed by atoms with Crippen molar-refractivity contribution in [2.75, 3.05) is 38.6 Å². The SMILES string of the molecule is COc1ccc(-c2cnc3c(Nc4ccc(C(=O)N5CCC(C(=O)N[C@@H]6CCNC6)CC5)c(Cl)c4)nccn23)c(F)c1F.Cl. The average Bonchev–Trinajstić information content (AvgIpc) is 3.69. The number of rotatable bonds is 7. The van der Waals surface area contributed by atoms with Crippen molar-refractivity contribution in [2.24, 2.45) is 5.92 Å². The van der Waals surface area contributed by atoms with Gasteiger partial charge < -0.3 is 25.6 Å². The fourth-order valence-corrected chi connectivity index (χ4v) is 5.87. The van der Waals surface area contributed by atoms with Gasteiger partial charge in [0.1, 0.15) is 0 Å². The van der Waals surface area contributed by atoms with Crippen LogP contribution in [-0.2, 0) is 4.79 Å². The Morgan fingerprint density at radius 1 is 1.09 bits per heavy atom.